The molecule has 6 heteroatoms. The van der Waals surface area contributed by atoms with Gasteiger partial charge in [-0.3, -0.25) is 5.10 Å². The molecule has 0 unspecified atom stereocenters. The second-order valence-corrected chi connectivity index (χ2v) is 4.36. The topological polar surface area (TPSA) is 67.6 Å². The SMILES string of the molecule is NCCCCCc1nc(-c2cc(F)cc(F)c2)n[nH]1. The van der Waals surface area contributed by atoms with Crippen LogP contribution in [0.25, 0.3) is 11.4 Å². The van der Waals surface area contributed by atoms with E-state index < -0.39 is 11.6 Å². The van der Waals surface area contributed by atoms with Crippen molar-refractivity contribution < 1.29 is 8.78 Å². The monoisotopic (exact) mass is 266 g/mol. The Morgan fingerprint density at radius 2 is 1.79 bits per heavy atom. The van der Waals surface area contributed by atoms with E-state index >= 15 is 0 Å². The van der Waals surface area contributed by atoms with Gasteiger partial charge < -0.3 is 5.73 Å². The van der Waals surface area contributed by atoms with Crippen LogP contribution < -0.4 is 5.73 Å². The molecule has 1 aromatic heterocycles. The summed E-state index contributed by atoms with van der Waals surface area (Å²) in [5.41, 5.74) is 5.74. The fourth-order valence-corrected chi connectivity index (χ4v) is 1.83. The summed E-state index contributed by atoms with van der Waals surface area (Å²) in [6.45, 7) is 0.685. The van der Waals surface area contributed by atoms with Gasteiger partial charge in [-0.05, 0) is 31.5 Å². The van der Waals surface area contributed by atoms with Crippen LogP contribution in [-0.2, 0) is 6.42 Å². The molecule has 0 atom stereocenters. The first-order valence-electron chi connectivity index (χ1n) is 6.27. The quantitative estimate of drug-likeness (QED) is 0.789. The number of aryl methyl sites for hydroxylation is 1. The molecule has 3 N–H and O–H groups in total. The zero-order chi connectivity index (χ0) is 13.7. The number of unbranched alkanes of at least 4 members (excludes halogenated alkanes) is 2. The predicted molar refractivity (Wildman–Crippen MR) is 68.3 cm³/mol. The Labute approximate surface area is 110 Å². The molecule has 4 nitrogen and oxygen atoms in total. The fourth-order valence-electron chi connectivity index (χ4n) is 1.83. The lowest BCUT2D eigenvalue weighted by Gasteiger charge is -1.97. The lowest BCUT2D eigenvalue weighted by molar-refractivity contribution is 0.584. The van der Waals surface area contributed by atoms with Crippen molar-refractivity contribution in [3.05, 3.63) is 35.7 Å². The van der Waals surface area contributed by atoms with E-state index in [0.29, 0.717) is 17.9 Å². The Morgan fingerprint density at radius 1 is 1.05 bits per heavy atom. The van der Waals surface area contributed by atoms with Crippen molar-refractivity contribution in [1.29, 1.82) is 0 Å². The number of nitrogens with two attached hydrogens (primary N) is 1. The molecule has 0 spiro atoms. The second kappa shape index (κ2) is 6.38. The first kappa shape index (κ1) is 13.6. The zero-order valence-electron chi connectivity index (χ0n) is 10.5. The third-order valence-corrected chi connectivity index (χ3v) is 2.77. The summed E-state index contributed by atoms with van der Waals surface area (Å²) in [7, 11) is 0. The largest absolute Gasteiger partial charge is 0.330 e. The first-order chi connectivity index (χ1) is 9.19. The Hall–Kier alpha value is -1.82. The summed E-state index contributed by atoms with van der Waals surface area (Å²) in [6.07, 6.45) is 3.73. The number of benzene rings is 1. The van der Waals surface area contributed by atoms with Crippen molar-refractivity contribution in [3.63, 3.8) is 0 Å². The maximum atomic E-state index is 13.1. The van der Waals surface area contributed by atoms with Gasteiger partial charge in [0.05, 0.1) is 0 Å². The van der Waals surface area contributed by atoms with Gasteiger partial charge in [0.2, 0.25) is 0 Å². The van der Waals surface area contributed by atoms with Gasteiger partial charge in [0, 0.05) is 18.1 Å². The van der Waals surface area contributed by atoms with Gasteiger partial charge in [0.1, 0.15) is 17.5 Å². The van der Waals surface area contributed by atoms with Crippen LogP contribution in [0, 0.1) is 11.6 Å². The number of rotatable bonds is 6. The number of nitrogens with one attached hydrogen (secondary N) is 1. The highest BCUT2D eigenvalue weighted by Gasteiger charge is 2.08. The van der Waals surface area contributed by atoms with Crippen molar-refractivity contribution in [3.8, 4) is 11.4 Å². The van der Waals surface area contributed by atoms with Crippen molar-refractivity contribution in [2.75, 3.05) is 6.54 Å². The van der Waals surface area contributed by atoms with Gasteiger partial charge in [-0.15, -0.1) is 0 Å². The molecule has 0 radical (unpaired) electrons. The summed E-state index contributed by atoms with van der Waals surface area (Å²) in [5, 5.41) is 6.76. The molecular weight excluding hydrogens is 250 g/mol. The molecule has 0 saturated carbocycles. The molecule has 19 heavy (non-hydrogen) atoms. The van der Waals surface area contributed by atoms with Crippen molar-refractivity contribution in [2.24, 2.45) is 5.73 Å². The second-order valence-electron chi connectivity index (χ2n) is 4.36. The standard InChI is InChI=1S/C13H16F2N4/c14-10-6-9(7-11(15)8-10)13-17-12(18-19-13)4-2-1-3-5-16/h6-8H,1-5,16H2,(H,17,18,19). The van der Waals surface area contributed by atoms with E-state index in [1.165, 1.54) is 12.1 Å². The molecule has 102 valence electrons. The van der Waals surface area contributed by atoms with Gasteiger partial charge in [-0.1, -0.05) is 6.42 Å². The Bertz CT molecular complexity index is 519. The number of H-pyrrole nitrogens is 1. The minimum Gasteiger partial charge on any atom is -0.330 e. The van der Waals surface area contributed by atoms with Crippen LogP contribution in [0.1, 0.15) is 25.1 Å². The number of hydrogen-bond acceptors (Lipinski definition) is 3. The Balaban J connectivity index is 2.03. The molecule has 0 aliphatic rings. The molecule has 2 rings (SSSR count). The van der Waals surface area contributed by atoms with Crippen LogP contribution in [0.15, 0.2) is 18.2 Å². The van der Waals surface area contributed by atoms with E-state index in [9.17, 15) is 8.78 Å². The van der Waals surface area contributed by atoms with Crippen LogP contribution in [0.5, 0.6) is 0 Å². The average Bonchev–Trinajstić information content (AvgIpc) is 2.82. The van der Waals surface area contributed by atoms with Crippen LogP contribution in [0.4, 0.5) is 8.78 Å². The molecule has 0 bridgehead atoms. The van der Waals surface area contributed by atoms with Crippen LogP contribution in [-0.4, -0.2) is 21.7 Å². The van der Waals surface area contributed by atoms with Gasteiger partial charge >= 0.3 is 0 Å². The molecule has 0 fully saturated rings. The molecule has 0 amide bonds. The zero-order valence-corrected chi connectivity index (χ0v) is 10.5. The van der Waals surface area contributed by atoms with Gasteiger partial charge in [-0.2, -0.15) is 5.10 Å². The smallest absolute Gasteiger partial charge is 0.181 e. The van der Waals surface area contributed by atoms with Crippen molar-refractivity contribution in [1.82, 2.24) is 15.2 Å². The number of aromatic nitrogens is 3. The highest BCUT2D eigenvalue weighted by atomic mass is 19.1. The predicted octanol–water partition coefficient (Wildman–Crippen LogP) is 2.42. The van der Waals surface area contributed by atoms with E-state index in [2.05, 4.69) is 15.2 Å². The fraction of sp³-hybridized carbons (Fsp3) is 0.385. The summed E-state index contributed by atoms with van der Waals surface area (Å²) >= 11 is 0. The Morgan fingerprint density at radius 3 is 2.47 bits per heavy atom. The van der Waals surface area contributed by atoms with E-state index in [4.69, 9.17) is 5.73 Å². The molecular formula is C13H16F2N4. The minimum absolute atomic E-state index is 0.312. The average molecular weight is 266 g/mol. The normalized spacial score (nSPS) is 10.9. The lowest BCUT2D eigenvalue weighted by Crippen LogP contribution is -1.98. The Kier molecular flexibility index (Phi) is 4.57. The van der Waals surface area contributed by atoms with E-state index in [1.807, 2.05) is 0 Å². The third kappa shape index (κ3) is 3.82. The number of halogens is 2. The summed E-state index contributed by atoms with van der Waals surface area (Å²) in [6, 6.07) is 3.25. The van der Waals surface area contributed by atoms with E-state index in [-0.39, 0.29) is 0 Å². The maximum absolute atomic E-state index is 13.1. The van der Waals surface area contributed by atoms with Gasteiger partial charge in [0.15, 0.2) is 5.82 Å². The summed E-state index contributed by atoms with van der Waals surface area (Å²) in [5.74, 6) is -0.238. The highest BCUT2D eigenvalue weighted by molar-refractivity contribution is 5.54. The molecule has 1 aromatic carbocycles. The minimum atomic E-state index is -0.635. The van der Waals surface area contributed by atoms with E-state index in [1.54, 1.807) is 0 Å². The van der Waals surface area contributed by atoms with Gasteiger partial charge in [0.25, 0.3) is 0 Å². The molecule has 2 aromatic rings. The van der Waals surface area contributed by atoms with Crippen LogP contribution >= 0.6 is 0 Å². The van der Waals surface area contributed by atoms with Crippen LogP contribution in [0.3, 0.4) is 0 Å². The number of nitrogens with zero attached hydrogens (tertiary/aromatic N) is 2. The number of hydrogen-bond donors (Lipinski definition) is 2. The van der Waals surface area contributed by atoms with Crippen molar-refractivity contribution in [2.45, 2.75) is 25.7 Å². The first-order valence-corrected chi connectivity index (χ1v) is 6.27. The number of aromatic amines is 1. The van der Waals surface area contributed by atoms with Crippen LogP contribution in [0.2, 0.25) is 0 Å². The highest BCUT2D eigenvalue weighted by Crippen LogP contribution is 2.18. The third-order valence-electron chi connectivity index (χ3n) is 2.77. The maximum Gasteiger partial charge on any atom is 0.181 e. The van der Waals surface area contributed by atoms with Crippen molar-refractivity contribution >= 4 is 0 Å². The molecule has 1 heterocycles. The molecule has 0 saturated heterocycles. The lowest BCUT2D eigenvalue weighted by atomic mass is 10.2. The summed E-state index contributed by atoms with van der Waals surface area (Å²) < 4.78 is 26.2. The van der Waals surface area contributed by atoms with E-state index in [0.717, 1.165) is 37.6 Å². The molecule has 0 aliphatic carbocycles. The summed E-state index contributed by atoms with van der Waals surface area (Å²) in [4.78, 5) is 4.23. The van der Waals surface area contributed by atoms with Gasteiger partial charge in [-0.25, -0.2) is 13.8 Å². The molecule has 0 aliphatic heterocycles.